The average molecular weight is 274 g/mol. The fourth-order valence-corrected chi connectivity index (χ4v) is 1.60. The van der Waals surface area contributed by atoms with Crippen LogP contribution in [-0.2, 0) is 17.4 Å². The Morgan fingerprint density at radius 3 is 2.32 bits per heavy atom. The maximum atomic E-state index is 12.4. The molecule has 6 heteroatoms. The molecule has 0 heterocycles. The Bertz CT molecular complexity index is 411. The third-order valence-corrected chi connectivity index (χ3v) is 2.79. The molecule has 1 rings (SSSR count). The number of alkyl halides is 3. The van der Waals surface area contributed by atoms with Crippen molar-refractivity contribution in [3.63, 3.8) is 0 Å². The summed E-state index contributed by atoms with van der Waals surface area (Å²) in [6.45, 7) is 2.24. The van der Waals surface area contributed by atoms with Crippen LogP contribution in [0.15, 0.2) is 24.3 Å². The first-order valence-corrected chi connectivity index (χ1v) is 6.02. The summed E-state index contributed by atoms with van der Waals surface area (Å²) in [5.41, 5.74) is 5.27. The van der Waals surface area contributed by atoms with Gasteiger partial charge in [-0.15, -0.1) is 0 Å². The topological polar surface area (TPSA) is 55.1 Å². The third kappa shape index (κ3) is 4.90. The monoisotopic (exact) mass is 274 g/mol. The van der Waals surface area contributed by atoms with E-state index in [1.807, 2.05) is 6.92 Å². The number of halogens is 3. The number of amides is 1. The number of rotatable bonds is 5. The van der Waals surface area contributed by atoms with Gasteiger partial charge in [0.2, 0.25) is 5.91 Å². The van der Waals surface area contributed by atoms with E-state index in [0.717, 1.165) is 18.6 Å². The number of hydrogen-bond acceptors (Lipinski definition) is 2. The maximum absolute atomic E-state index is 12.4. The summed E-state index contributed by atoms with van der Waals surface area (Å²) >= 11 is 0. The van der Waals surface area contributed by atoms with Crippen molar-refractivity contribution in [2.45, 2.75) is 32.0 Å². The van der Waals surface area contributed by atoms with Crippen molar-refractivity contribution in [1.82, 2.24) is 5.32 Å². The summed E-state index contributed by atoms with van der Waals surface area (Å²) in [5.74, 6) is -0.239. The zero-order chi connectivity index (χ0) is 14.5. The molecular formula is C13H17F3N2O. The average Bonchev–Trinajstić information content (AvgIpc) is 2.35. The molecule has 0 aliphatic heterocycles. The highest BCUT2D eigenvalue weighted by Gasteiger charge is 2.29. The lowest BCUT2D eigenvalue weighted by Crippen LogP contribution is -2.40. The first kappa shape index (κ1) is 15.5. The predicted molar refractivity (Wildman–Crippen MR) is 66.4 cm³/mol. The number of carbonyl (C=O) groups is 1. The highest BCUT2D eigenvalue weighted by Crippen LogP contribution is 2.29. The lowest BCUT2D eigenvalue weighted by molar-refractivity contribution is -0.137. The molecule has 3 N–H and O–H groups in total. The lowest BCUT2D eigenvalue weighted by Gasteiger charge is -2.14. The number of benzene rings is 1. The van der Waals surface area contributed by atoms with Crippen LogP contribution < -0.4 is 11.1 Å². The number of nitrogens with one attached hydrogen (secondary N) is 1. The molecular weight excluding hydrogens is 257 g/mol. The molecule has 1 atom stereocenters. The molecule has 0 fully saturated rings. The fourth-order valence-electron chi connectivity index (χ4n) is 1.60. The fraction of sp³-hybridized carbons (Fsp3) is 0.462. The largest absolute Gasteiger partial charge is 0.416 e. The van der Waals surface area contributed by atoms with E-state index in [-0.39, 0.29) is 18.4 Å². The summed E-state index contributed by atoms with van der Waals surface area (Å²) < 4.78 is 37.1. The minimum absolute atomic E-state index is 0.0502. The second-order valence-electron chi connectivity index (χ2n) is 4.28. The summed E-state index contributed by atoms with van der Waals surface area (Å²) in [5, 5.41) is 2.72. The highest BCUT2D eigenvalue weighted by atomic mass is 19.4. The molecule has 0 spiro atoms. The summed E-state index contributed by atoms with van der Waals surface area (Å²) in [6, 6.07) is 4.48. The van der Waals surface area contributed by atoms with Crippen molar-refractivity contribution in [2.24, 2.45) is 5.73 Å². The Hall–Kier alpha value is -1.56. The predicted octanol–water partition coefficient (Wildman–Crippen LogP) is 2.10. The quantitative estimate of drug-likeness (QED) is 0.864. The van der Waals surface area contributed by atoms with Gasteiger partial charge in [-0.05, 0) is 24.1 Å². The van der Waals surface area contributed by atoms with Gasteiger partial charge in [0.05, 0.1) is 12.0 Å². The van der Waals surface area contributed by atoms with Gasteiger partial charge in [0.1, 0.15) is 0 Å². The zero-order valence-electron chi connectivity index (χ0n) is 10.6. The molecule has 1 unspecified atom stereocenters. The molecule has 0 aliphatic carbocycles. The Morgan fingerprint density at radius 1 is 1.32 bits per heavy atom. The van der Waals surface area contributed by atoms with Gasteiger partial charge in [0.15, 0.2) is 0 Å². The van der Waals surface area contributed by atoms with Crippen molar-refractivity contribution in [1.29, 1.82) is 0 Å². The van der Waals surface area contributed by atoms with E-state index in [2.05, 4.69) is 5.32 Å². The summed E-state index contributed by atoms with van der Waals surface area (Å²) in [7, 11) is 0. The second kappa shape index (κ2) is 6.56. The Balaban J connectivity index is 2.61. The second-order valence-corrected chi connectivity index (χ2v) is 4.28. The minimum atomic E-state index is -4.35. The van der Waals surface area contributed by atoms with Crippen LogP contribution in [-0.4, -0.2) is 18.5 Å². The van der Waals surface area contributed by atoms with Crippen LogP contribution in [0.1, 0.15) is 24.5 Å². The van der Waals surface area contributed by atoms with Gasteiger partial charge in [-0.3, -0.25) is 4.79 Å². The molecule has 3 nitrogen and oxygen atoms in total. The van der Waals surface area contributed by atoms with Crippen LogP contribution in [0, 0.1) is 0 Å². The van der Waals surface area contributed by atoms with Crippen molar-refractivity contribution >= 4 is 5.91 Å². The maximum Gasteiger partial charge on any atom is 0.416 e. The zero-order valence-corrected chi connectivity index (χ0v) is 10.6. The molecule has 0 saturated carbocycles. The molecule has 0 bridgehead atoms. The number of carbonyl (C=O) groups excluding carboxylic acids is 1. The van der Waals surface area contributed by atoms with Gasteiger partial charge in [0.25, 0.3) is 0 Å². The SMILES string of the molecule is CCC(CN)NC(=O)Cc1ccc(C(F)(F)F)cc1. The first-order valence-electron chi connectivity index (χ1n) is 6.02. The van der Waals surface area contributed by atoms with Crippen molar-refractivity contribution in [3.8, 4) is 0 Å². The lowest BCUT2D eigenvalue weighted by atomic mass is 10.1. The van der Waals surface area contributed by atoms with Crippen molar-refractivity contribution in [3.05, 3.63) is 35.4 Å². The van der Waals surface area contributed by atoms with E-state index < -0.39 is 11.7 Å². The molecule has 0 aromatic heterocycles. The molecule has 1 aromatic carbocycles. The van der Waals surface area contributed by atoms with Crippen molar-refractivity contribution < 1.29 is 18.0 Å². The van der Waals surface area contributed by atoms with Crippen LogP contribution in [0.25, 0.3) is 0 Å². The first-order chi connectivity index (χ1) is 8.86. The van der Waals surface area contributed by atoms with Gasteiger partial charge in [-0.25, -0.2) is 0 Å². The van der Waals surface area contributed by atoms with Gasteiger partial charge in [0, 0.05) is 12.6 Å². The van der Waals surface area contributed by atoms with E-state index in [1.54, 1.807) is 0 Å². The van der Waals surface area contributed by atoms with E-state index in [1.165, 1.54) is 12.1 Å². The van der Waals surface area contributed by atoms with E-state index >= 15 is 0 Å². The summed E-state index contributed by atoms with van der Waals surface area (Å²) in [6.07, 6.45) is -3.59. The van der Waals surface area contributed by atoms with E-state index in [4.69, 9.17) is 5.73 Å². The third-order valence-electron chi connectivity index (χ3n) is 2.79. The number of nitrogens with two attached hydrogens (primary N) is 1. The van der Waals surface area contributed by atoms with Crippen LogP contribution >= 0.6 is 0 Å². The molecule has 19 heavy (non-hydrogen) atoms. The standard InChI is InChI=1S/C13H17F3N2O/c1-2-11(8-17)18-12(19)7-9-3-5-10(6-4-9)13(14,15)16/h3-6,11H,2,7-8,17H2,1H3,(H,18,19). The molecule has 1 amide bonds. The van der Waals surface area contributed by atoms with Crippen LogP contribution in [0.2, 0.25) is 0 Å². The number of hydrogen-bond donors (Lipinski definition) is 2. The van der Waals surface area contributed by atoms with Gasteiger partial charge in [-0.1, -0.05) is 19.1 Å². The van der Waals surface area contributed by atoms with Crippen LogP contribution in [0.4, 0.5) is 13.2 Å². The van der Waals surface area contributed by atoms with Gasteiger partial charge >= 0.3 is 6.18 Å². The Labute approximate surface area is 110 Å². The van der Waals surface area contributed by atoms with Gasteiger partial charge in [-0.2, -0.15) is 13.2 Å². The van der Waals surface area contributed by atoms with Crippen molar-refractivity contribution in [2.75, 3.05) is 6.54 Å². The van der Waals surface area contributed by atoms with E-state index in [0.29, 0.717) is 12.1 Å². The van der Waals surface area contributed by atoms with Gasteiger partial charge < -0.3 is 11.1 Å². The normalized spacial score (nSPS) is 13.1. The molecule has 0 radical (unpaired) electrons. The van der Waals surface area contributed by atoms with E-state index in [9.17, 15) is 18.0 Å². The van der Waals surface area contributed by atoms with Crippen LogP contribution in [0.5, 0.6) is 0 Å². The molecule has 106 valence electrons. The highest BCUT2D eigenvalue weighted by molar-refractivity contribution is 5.78. The van der Waals surface area contributed by atoms with Crippen LogP contribution in [0.3, 0.4) is 0 Å². The minimum Gasteiger partial charge on any atom is -0.352 e. The molecule has 1 aromatic rings. The molecule has 0 saturated heterocycles. The smallest absolute Gasteiger partial charge is 0.352 e. The Kier molecular flexibility index (Phi) is 5.35. The molecule has 0 aliphatic rings. The Morgan fingerprint density at radius 2 is 1.89 bits per heavy atom. The summed E-state index contributed by atoms with van der Waals surface area (Å²) in [4.78, 5) is 11.6.